The van der Waals surface area contributed by atoms with Crippen molar-refractivity contribution in [2.45, 2.75) is 153 Å². The zero-order valence-corrected chi connectivity index (χ0v) is 36.4. The number of aliphatic hydroxyl groups excluding tert-OH is 4. The normalized spacial score (nSPS) is 38.7. The van der Waals surface area contributed by atoms with E-state index in [1.807, 2.05) is 27.7 Å². The highest BCUT2D eigenvalue weighted by Crippen LogP contribution is 2.68. The average Bonchev–Trinajstić information content (AvgIpc) is 3.81. The van der Waals surface area contributed by atoms with Crippen molar-refractivity contribution in [1.82, 2.24) is 19.5 Å². The van der Waals surface area contributed by atoms with Crippen LogP contribution in [0.3, 0.4) is 0 Å². The van der Waals surface area contributed by atoms with E-state index in [1.165, 1.54) is 17.2 Å². The van der Waals surface area contributed by atoms with Gasteiger partial charge in [-0.05, 0) is 113 Å². The van der Waals surface area contributed by atoms with Gasteiger partial charge in [0.15, 0.2) is 29.0 Å². The van der Waals surface area contributed by atoms with Crippen LogP contribution in [0.1, 0.15) is 106 Å². The molecule has 4 fully saturated rings. The zero-order chi connectivity index (χ0) is 43.7. The van der Waals surface area contributed by atoms with E-state index in [0.29, 0.717) is 61.2 Å². The van der Waals surface area contributed by atoms with Crippen LogP contribution in [-0.4, -0.2) is 122 Å². The Morgan fingerprint density at radius 2 is 1.85 bits per heavy atom. The Labute approximate surface area is 350 Å². The second-order valence-electron chi connectivity index (χ2n) is 19.5. The molecule has 0 aromatic carbocycles. The summed E-state index contributed by atoms with van der Waals surface area (Å²) < 4.78 is 32.7. The molecular formula is C42H64N5O12P. The van der Waals surface area contributed by atoms with Crippen LogP contribution in [0.4, 0.5) is 5.82 Å². The molecule has 0 amide bonds. The SMILES string of the molecule is C=C(C)CCNc1ncnc2c1ncn2[C@@H]1O[C@H](COP(=O)(O)OC(CCC(C)(C)O)[C@@H](C)[C@H]2CC[C@@]3(O)C4=CC(=O)[C@@H]5C[C@@H](O)[C@@H](O)C[C@]5(C)[C@H]4CC[C@]23C)[C@@H](O)[C@H]1O. The molecule has 15 atom stereocenters. The van der Waals surface area contributed by atoms with Crippen LogP contribution in [0.2, 0.25) is 0 Å². The second kappa shape index (κ2) is 16.5. The molecule has 0 spiro atoms. The van der Waals surface area contributed by atoms with Gasteiger partial charge in [0, 0.05) is 17.9 Å². The van der Waals surface area contributed by atoms with Crippen molar-refractivity contribution in [3.05, 3.63) is 36.5 Å². The number of hydrogen-bond acceptors (Lipinski definition) is 15. The van der Waals surface area contributed by atoms with Crippen molar-refractivity contribution in [1.29, 1.82) is 0 Å². The summed E-state index contributed by atoms with van der Waals surface area (Å²) in [6.07, 6.45) is -0.230. The maximum absolute atomic E-state index is 13.8. The van der Waals surface area contributed by atoms with Gasteiger partial charge in [0.1, 0.15) is 24.6 Å². The number of imidazole rings is 1. The summed E-state index contributed by atoms with van der Waals surface area (Å²) in [4.78, 5) is 37.9. The summed E-state index contributed by atoms with van der Waals surface area (Å²) in [5.74, 6) is -0.960. The van der Waals surface area contributed by atoms with Crippen LogP contribution in [0.15, 0.2) is 36.5 Å². The molecule has 334 valence electrons. The second-order valence-corrected chi connectivity index (χ2v) is 20.9. The zero-order valence-electron chi connectivity index (χ0n) is 35.5. The van der Waals surface area contributed by atoms with Crippen molar-refractivity contribution in [2.24, 2.45) is 34.5 Å². The number of nitrogens with one attached hydrogen (secondary N) is 1. The monoisotopic (exact) mass is 861 g/mol. The summed E-state index contributed by atoms with van der Waals surface area (Å²) in [5, 5.41) is 69.9. The average molecular weight is 862 g/mol. The number of rotatable bonds is 15. The van der Waals surface area contributed by atoms with E-state index in [9.17, 15) is 44.9 Å². The summed E-state index contributed by atoms with van der Waals surface area (Å²) in [6, 6.07) is 0. The molecular weight excluding hydrogens is 797 g/mol. The lowest BCUT2D eigenvalue weighted by Gasteiger charge is -2.60. The molecule has 2 aromatic rings. The van der Waals surface area contributed by atoms with Crippen LogP contribution in [0.25, 0.3) is 11.2 Å². The predicted octanol–water partition coefficient (Wildman–Crippen LogP) is 3.72. The first kappa shape index (κ1) is 45.4. The highest BCUT2D eigenvalue weighted by atomic mass is 31.2. The number of carbonyl (C=O) groups excluding carboxylic acids is 1. The Bertz CT molecular complexity index is 2020. The van der Waals surface area contributed by atoms with Crippen LogP contribution >= 0.6 is 7.82 Å². The third kappa shape index (κ3) is 8.18. The molecule has 60 heavy (non-hydrogen) atoms. The Morgan fingerprint density at radius 1 is 1.12 bits per heavy atom. The van der Waals surface area contributed by atoms with Crippen molar-refractivity contribution in [3.8, 4) is 0 Å². The Hall–Kier alpha value is -2.67. The molecule has 7 rings (SSSR count). The molecule has 3 heterocycles. The number of carbonyl (C=O) groups is 1. The third-order valence-corrected chi connectivity index (χ3v) is 15.9. The van der Waals surface area contributed by atoms with Gasteiger partial charge in [0.05, 0.1) is 42.4 Å². The standard InChI is InChI=1S/C42H64N5O12P/c1-22(2)11-15-43-36-33-37(45-20-44-36)47(21-46-33)38-35(52)34(51)32(58-38)19-57-60(55,56)59-31(10-12-39(4,5)53)23(3)24-9-14-42(54)26-16-28(48)27-17-29(49)30(50)18-40(27,6)25(26)8-13-41(24,42)7/h16,20-21,23-25,27,29-32,34-35,38,49-54H,1,8-15,17-19H2,2-7H3,(H,55,56)(H,43,44,45)/t23-,24+,25-,27-,29+,30-,31?,32+,34+,35+,38+,40+,41+,42+/m0/s1. The number of aromatic nitrogens is 4. The highest BCUT2D eigenvalue weighted by Gasteiger charge is 2.67. The van der Waals surface area contributed by atoms with Crippen LogP contribution in [0, 0.1) is 34.5 Å². The highest BCUT2D eigenvalue weighted by molar-refractivity contribution is 7.47. The fourth-order valence-electron chi connectivity index (χ4n) is 11.4. The minimum atomic E-state index is -4.88. The van der Waals surface area contributed by atoms with Gasteiger partial charge in [0.25, 0.3) is 0 Å². The molecule has 18 heteroatoms. The topological polar surface area (TPSA) is 259 Å². The molecule has 1 saturated heterocycles. The van der Waals surface area contributed by atoms with Crippen LogP contribution in [0.5, 0.6) is 0 Å². The number of anilines is 1. The van der Waals surface area contributed by atoms with Gasteiger partial charge in [0.2, 0.25) is 0 Å². The molecule has 2 aromatic heterocycles. The number of ether oxygens (including phenoxy) is 1. The number of fused-ring (bicyclic) bond motifs is 6. The molecule has 4 aliphatic carbocycles. The van der Waals surface area contributed by atoms with Gasteiger partial charge >= 0.3 is 7.82 Å². The number of allylic oxidation sites excluding steroid dienone is 1. The Morgan fingerprint density at radius 3 is 2.55 bits per heavy atom. The fourth-order valence-corrected chi connectivity index (χ4v) is 12.5. The first-order valence-electron chi connectivity index (χ1n) is 21.3. The Balaban J connectivity index is 1.06. The van der Waals surface area contributed by atoms with Gasteiger partial charge < -0.3 is 45.6 Å². The number of phosphoric ester groups is 1. The molecule has 8 N–H and O–H groups in total. The summed E-state index contributed by atoms with van der Waals surface area (Å²) in [6.45, 7) is 15.0. The molecule has 0 bridgehead atoms. The van der Waals surface area contributed by atoms with E-state index < -0.39 is 91.1 Å². The number of hydrogen-bond donors (Lipinski definition) is 8. The van der Waals surface area contributed by atoms with Crippen LogP contribution < -0.4 is 5.32 Å². The molecule has 17 nitrogen and oxygen atoms in total. The first-order valence-corrected chi connectivity index (χ1v) is 22.8. The van der Waals surface area contributed by atoms with Crippen molar-refractivity contribution >= 4 is 30.6 Å². The molecule has 2 unspecified atom stereocenters. The largest absolute Gasteiger partial charge is 0.472 e. The lowest BCUT2D eigenvalue weighted by molar-refractivity contribution is -0.154. The van der Waals surface area contributed by atoms with E-state index >= 15 is 0 Å². The molecule has 3 saturated carbocycles. The maximum atomic E-state index is 13.8. The third-order valence-electron chi connectivity index (χ3n) is 14.9. The molecule has 1 aliphatic heterocycles. The predicted molar refractivity (Wildman–Crippen MR) is 219 cm³/mol. The van der Waals surface area contributed by atoms with Crippen LogP contribution in [-0.2, 0) is 23.1 Å². The quantitative estimate of drug-likeness (QED) is 0.0938. The minimum Gasteiger partial charge on any atom is -0.390 e. The maximum Gasteiger partial charge on any atom is 0.472 e. The first-order chi connectivity index (χ1) is 28.0. The lowest BCUT2D eigenvalue weighted by Crippen LogP contribution is -2.61. The fraction of sp³-hybridized carbons (Fsp3) is 0.762. The Kier molecular flexibility index (Phi) is 12.4. The number of phosphoric acid groups is 1. The van der Waals surface area contributed by atoms with Crippen molar-refractivity contribution in [2.75, 3.05) is 18.5 Å². The smallest absolute Gasteiger partial charge is 0.390 e. The molecule has 0 radical (unpaired) electrons. The lowest BCUT2D eigenvalue weighted by atomic mass is 9.46. The van der Waals surface area contributed by atoms with Gasteiger partial charge in [-0.3, -0.25) is 18.4 Å². The molecule has 5 aliphatic rings. The summed E-state index contributed by atoms with van der Waals surface area (Å²) in [7, 11) is -4.88. The van der Waals surface area contributed by atoms with E-state index in [2.05, 4.69) is 26.8 Å². The van der Waals surface area contributed by atoms with Gasteiger partial charge in [-0.25, -0.2) is 19.5 Å². The number of nitrogens with zero attached hydrogens (tertiary/aromatic N) is 4. The van der Waals surface area contributed by atoms with Gasteiger partial charge in [-0.15, -0.1) is 6.58 Å². The van der Waals surface area contributed by atoms with Crippen molar-refractivity contribution in [3.63, 3.8) is 0 Å². The van der Waals surface area contributed by atoms with Gasteiger partial charge in [-0.1, -0.05) is 26.3 Å². The number of ketones is 1. The van der Waals surface area contributed by atoms with E-state index in [1.54, 1.807) is 19.9 Å². The summed E-state index contributed by atoms with van der Waals surface area (Å²) in [5.41, 5.74) is -1.45. The van der Waals surface area contributed by atoms with E-state index in [0.717, 1.165) is 5.57 Å². The minimum absolute atomic E-state index is 0.146. The summed E-state index contributed by atoms with van der Waals surface area (Å²) >= 11 is 0. The van der Waals surface area contributed by atoms with Crippen molar-refractivity contribution < 1.29 is 58.7 Å². The number of aliphatic hydroxyl groups is 6. The van der Waals surface area contributed by atoms with Gasteiger partial charge in [-0.2, -0.15) is 0 Å². The van der Waals surface area contributed by atoms with E-state index in [-0.39, 0.29) is 43.3 Å². The van der Waals surface area contributed by atoms with E-state index in [4.69, 9.17) is 13.8 Å².